The molecule has 0 aromatic heterocycles. The molecular formula is C16H30N2O2. The molecule has 1 amide bonds. The van der Waals surface area contributed by atoms with E-state index in [0.717, 1.165) is 64.8 Å². The molecule has 0 aromatic carbocycles. The van der Waals surface area contributed by atoms with Crippen LogP contribution in [0.5, 0.6) is 0 Å². The third-order valence-electron chi connectivity index (χ3n) is 4.96. The number of rotatable bonds is 6. The van der Waals surface area contributed by atoms with Crippen LogP contribution in [0.15, 0.2) is 0 Å². The maximum atomic E-state index is 12.7. The van der Waals surface area contributed by atoms with Gasteiger partial charge < -0.3 is 15.4 Å². The highest BCUT2D eigenvalue weighted by Crippen LogP contribution is 2.32. The van der Waals surface area contributed by atoms with Gasteiger partial charge in [0.05, 0.1) is 11.5 Å². The van der Waals surface area contributed by atoms with E-state index in [1.54, 1.807) is 0 Å². The maximum Gasteiger partial charge on any atom is 0.227 e. The molecule has 2 fully saturated rings. The molecule has 4 nitrogen and oxygen atoms in total. The van der Waals surface area contributed by atoms with Crippen molar-refractivity contribution in [2.24, 2.45) is 11.3 Å². The lowest BCUT2D eigenvalue weighted by Crippen LogP contribution is -2.51. The van der Waals surface area contributed by atoms with Crippen LogP contribution in [0.4, 0.5) is 0 Å². The number of amides is 1. The van der Waals surface area contributed by atoms with Crippen LogP contribution in [0.1, 0.15) is 52.4 Å². The Morgan fingerprint density at radius 2 is 2.30 bits per heavy atom. The van der Waals surface area contributed by atoms with Crippen LogP contribution >= 0.6 is 0 Å². The Balaban J connectivity index is 1.88. The van der Waals surface area contributed by atoms with E-state index in [1.807, 2.05) is 0 Å². The van der Waals surface area contributed by atoms with Crippen molar-refractivity contribution in [1.82, 2.24) is 10.6 Å². The van der Waals surface area contributed by atoms with E-state index in [4.69, 9.17) is 4.74 Å². The molecule has 0 aliphatic carbocycles. The quantitative estimate of drug-likeness (QED) is 0.784. The van der Waals surface area contributed by atoms with E-state index in [-0.39, 0.29) is 11.3 Å². The summed E-state index contributed by atoms with van der Waals surface area (Å²) in [6, 6.07) is 0. The summed E-state index contributed by atoms with van der Waals surface area (Å²) in [5.74, 6) is 0.757. The van der Waals surface area contributed by atoms with Gasteiger partial charge in [-0.05, 0) is 38.6 Å². The second-order valence-electron chi connectivity index (χ2n) is 6.39. The number of nitrogens with one attached hydrogen (secondary N) is 2. The summed E-state index contributed by atoms with van der Waals surface area (Å²) in [5, 5.41) is 6.63. The average Bonchev–Trinajstić information content (AvgIpc) is 2.93. The van der Waals surface area contributed by atoms with E-state index < -0.39 is 0 Å². The van der Waals surface area contributed by atoms with Crippen LogP contribution in [0.2, 0.25) is 0 Å². The van der Waals surface area contributed by atoms with Crippen molar-refractivity contribution in [3.63, 3.8) is 0 Å². The average molecular weight is 282 g/mol. The molecule has 0 saturated carbocycles. The molecule has 2 aliphatic rings. The Hall–Kier alpha value is -0.610. The second kappa shape index (κ2) is 7.41. The third kappa shape index (κ3) is 3.53. The molecule has 0 radical (unpaired) electrons. The highest BCUT2D eigenvalue weighted by Gasteiger charge is 2.39. The lowest BCUT2D eigenvalue weighted by Gasteiger charge is -2.36. The first-order valence-corrected chi connectivity index (χ1v) is 8.32. The highest BCUT2D eigenvalue weighted by atomic mass is 16.5. The molecule has 20 heavy (non-hydrogen) atoms. The van der Waals surface area contributed by atoms with Gasteiger partial charge in [-0.2, -0.15) is 0 Å². The van der Waals surface area contributed by atoms with Crippen molar-refractivity contribution >= 4 is 5.91 Å². The summed E-state index contributed by atoms with van der Waals surface area (Å²) in [4.78, 5) is 12.7. The van der Waals surface area contributed by atoms with Crippen LogP contribution in [0.25, 0.3) is 0 Å². The minimum Gasteiger partial charge on any atom is -0.378 e. The van der Waals surface area contributed by atoms with Gasteiger partial charge in [-0.25, -0.2) is 0 Å². The molecular weight excluding hydrogens is 252 g/mol. The first kappa shape index (κ1) is 15.8. The summed E-state index contributed by atoms with van der Waals surface area (Å²) in [6.45, 7) is 7.84. The molecule has 2 saturated heterocycles. The Bertz CT molecular complexity index is 308. The smallest absolute Gasteiger partial charge is 0.227 e. The van der Waals surface area contributed by atoms with Crippen molar-refractivity contribution in [2.45, 2.75) is 58.5 Å². The van der Waals surface area contributed by atoms with Crippen LogP contribution in [0, 0.1) is 11.3 Å². The van der Waals surface area contributed by atoms with Gasteiger partial charge in [-0.3, -0.25) is 4.79 Å². The van der Waals surface area contributed by atoms with Crippen LogP contribution in [0.3, 0.4) is 0 Å². The second-order valence-corrected chi connectivity index (χ2v) is 6.39. The fourth-order valence-electron chi connectivity index (χ4n) is 3.76. The van der Waals surface area contributed by atoms with Gasteiger partial charge in [-0.1, -0.05) is 20.3 Å². The molecule has 3 unspecified atom stereocenters. The van der Waals surface area contributed by atoms with E-state index >= 15 is 0 Å². The number of ether oxygens (including phenoxy) is 1. The zero-order valence-electron chi connectivity index (χ0n) is 13.0. The highest BCUT2D eigenvalue weighted by molar-refractivity contribution is 5.83. The first-order valence-electron chi connectivity index (χ1n) is 8.32. The van der Waals surface area contributed by atoms with Gasteiger partial charge in [0.15, 0.2) is 0 Å². The Kier molecular flexibility index (Phi) is 5.85. The summed E-state index contributed by atoms with van der Waals surface area (Å²) < 4.78 is 5.70. The van der Waals surface area contributed by atoms with Crippen molar-refractivity contribution < 1.29 is 9.53 Å². The summed E-state index contributed by atoms with van der Waals surface area (Å²) in [7, 11) is 0. The van der Waals surface area contributed by atoms with Crippen molar-refractivity contribution in [2.75, 3.05) is 26.2 Å². The first-order chi connectivity index (χ1) is 9.72. The van der Waals surface area contributed by atoms with Gasteiger partial charge in [0.1, 0.15) is 0 Å². The molecule has 2 N–H and O–H groups in total. The van der Waals surface area contributed by atoms with Gasteiger partial charge >= 0.3 is 0 Å². The summed E-state index contributed by atoms with van der Waals surface area (Å²) >= 11 is 0. The van der Waals surface area contributed by atoms with Gasteiger partial charge in [0.25, 0.3) is 0 Å². The largest absolute Gasteiger partial charge is 0.378 e. The van der Waals surface area contributed by atoms with E-state index in [2.05, 4.69) is 24.5 Å². The van der Waals surface area contributed by atoms with Crippen molar-refractivity contribution in [3.8, 4) is 0 Å². The lowest BCUT2D eigenvalue weighted by atomic mass is 9.76. The molecule has 116 valence electrons. The predicted octanol–water partition coefficient (Wildman–Crippen LogP) is 2.09. The van der Waals surface area contributed by atoms with Crippen LogP contribution in [-0.4, -0.2) is 38.3 Å². The predicted molar refractivity (Wildman–Crippen MR) is 80.6 cm³/mol. The van der Waals surface area contributed by atoms with Crippen molar-refractivity contribution in [1.29, 1.82) is 0 Å². The zero-order valence-corrected chi connectivity index (χ0v) is 13.0. The van der Waals surface area contributed by atoms with Crippen LogP contribution < -0.4 is 10.6 Å². The fraction of sp³-hybridized carbons (Fsp3) is 0.938. The fourth-order valence-corrected chi connectivity index (χ4v) is 3.76. The van der Waals surface area contributed by atoms with Gasteiger partial charge in [0, 0.05) is 25.6 Å². The number of piperidine rings is 1. The Labute approximate surface area is 123 Å². The number of carbonyl (C=O) groups excluding carboxylic acids is 1. The van der Waals surface area contributed by atoms with E-state index in [1.165, 1.54) is 0 Å². The molecule has 0 aromatic rings. The molecule has 0 bridgehead atoms. The van der Waals surface area contributed by atoms with Gasteiger partial charge in [0.2, 0.25) is 5.91 Å². The van der Waals surface area contributed by atoms with Crippen molar-refractivity contribution in [3.05, 3.63) is 0 Å². The molecule has 0 spiro atoms. The molecule has 2 rings (SSSR count). The normalized spacial score (nSPS) is 34.1. The Morgan fingerprint density at radius 3 is 2.95 bits per heavy atom. The van der Waals surface area contributed by atoms with E-state index in [0.29, 0.717) is 12.0 Å². The van der Waals surface area contributed by atoms with Gasteiger partial charge in [-0.15, -0.1) is 0 Å². The zero-order chi connectivity index (χ0) is 14.4. The maximum absolute atomic E-state index is 12.7. The topological polar surface area (TPSA) is 50.4 Å². The third-order valence-corrected chi connectivity index (χ3v) is 4.96. The number of carbonyl (C=O) groups is 1. The monoisotopic (exact) mass is 282 g/mol. The number of hydrogen-bond donors (Lipinski definition) is 2. The molecule has 4 heteroatoms. The molecule has 2 heterocycles. The van der Waals surface area contributed by atoms with E-state index in [9.17, 15) is 4.79 Å². The lowest BCUT2D eigenvalue weighted by molar-refractivity contribution is -0.132. The molecule has 2 aliphatic heterocycles. The summed E-state index contributed by atoms with van der Waals surface area (Å²) in [5.41, 5.74) is -0.172. The number of hydrogen-bond acceptors (Lipinski definition) is 3. The minimum absolute atomic E-state index is 0.172. The SMILES string of the molecule is CCCC1(C(=O)NCC2CCOC2CC)CCCNC1. The van der Waals surface area contributed by atoms with Crippen LogP contribution in [-0.2, 0) is 9.53 Å². The molecule has 3 atom stereocenters. The Morgan fingerprint density at radius 1 is 1.45 bits per heavy atom. The standard InChI is InChI=1S/C16H30N2O2/c1-3-7-16(8-5-9-17-12-16)15(19)18-11-13-6-10-20-14(13)4-2/h13-14,17H,3-12H2,1-2H3,(H,18,19). The minimum atomic E-state index is -0.172. The summed E-state index contributed by atoms with van der Waals surface area (Å²) in [6.07, 6.45) is 6.65.